The molecule has 0 radical (unpaired) electrons. The van der Waals surface area contributed by atoms with Gasteiger partial charge in [-0.3, -0.25) is 9.48 Å². The maximum Gasteiger partial charge on any atom is 0.247 e. The van der Waals surface area contributed by atoms with E-state index in [9.17, 15) is 9.18 Å². The zero-order valence-corrected chi connectivity index (χ0v) is 13.6. The first kappa shape index (κ1) is 15.9. The summed E-state index contributed by atoms with van der Waals surface area (Å²) in [7, 11) is 0. The largest absolute Gasteiger partial charge is 0.454 e. The molecule has 3 rings (SSSR count). The van der Waals surface area contributed by atoms with Crippen LogP contribution in [-0.4, -0.2) is 45.2 Å². The fraction of sp³-hybridized carbons (Fsp3) is 0.375. The highest BCUT2D eigenvalue weighted by Crippen LogP contribution is 2.23. The summed E-state index contributed by atoms with van der Waals surface area (Å²) in [6, 6.07) is 5.39. The van der Waals surface area contributed by atoms with Crippen molar-refractivity contribution in [2.24, 2.45) is 0 Å². The average Bonchev–Trinajstić information content (AvgIpc) is 3.05. The van der Waals surface area contributed by atoms with Crippen molar-refractivity contribution >= 4 is 17.7 Å². The topological polar surface area (TPSA) is 47.4 Å². The first-order chi connectivity index (χ1) is 11.1. The molecule has 1 saturated heterocycles. The van der Waals surface area contributed by atoms with Crippen LogP contribution in [0, 0.1) is 5.82 Å². The number of hydrogen-bond donors (Lipinski definition) is 0. The van der Waals surface area contributed by atoms with E-state index in [0.717, 1.165) is 24.6 Å². The molecular formula is C16H18FN3O2S. The van der Waals surface area contributed by atoms with E-state index in [1.165, 1.54) is 12.1 Å². The van der Waals surface area contributed by atoms with E-state index in [4.69, 9.17) is 4.74 Å². The Morgan fingerprint density at radius 1 is 1.26 bits per heavy atom. The van der Waals surface area contributed by atoms with Gasteiger partial charge in [0, 0.05) is 24.6 Å². The van der Waals surface area contributed by atoms with Gasteiger partial charge >= 0.3 is 0 Å². The fourth-order valence-electron chi connectivity index (χ4n) is 2.38. The van der Waals surface area contributed by atoms with Crippen LogP contribution in [0.3, 0.4) is 0 Å². The van der Waals surface area contributed by atoms with Gasteiger partial charge in [-0.15, -0.1) is 0 Å². The van der Waals surface area contributed by atoms with Crippen LogP contribution in [0.15, 0.2) is 36.7 Å². The lowest BCUT2D eigenvalue weighted by Crippen LogP contribution is -2.41. The Morgan fingerprint density at radius 2 is 1.96 bits per heavy atom. The summed E-state index contributed by atoms with van der Waals surface area (Å²) in [6.07, 6.45) is 3.24. The quantitative estimate of drug-likeness (QED) is 0.862. The molecule has 0 aliphatic carbocycles. The summed E-state index contributed by atoms with van der Waals surface area (Å²) in [5.41, 5.74) is 0. The predicted molar refractivity (Wildman–Crippen MR) is 87.3 cm³/mol. The lowest BCUT2D eigenvalue weighted by Gasteiger charge is -2.28. The monoisotopic (exact) mass is 335 g/mol. The van der Waals surface area contributed by atoms with Crippen molar-refractivity contribution in [3.8, 4) is 11.5 Å². The van der Waals surface area contributed by atoms with Crippen molar-refractivity contribution in [3.63, 3.8) is 0 Å². The molecule has 1 aliphatic heterocycles. The Bertz CT molecular complexity index is 668. The molecule has 7 heteroatoms. The first-order valence-electron chi connectivity index (χ1n) is 7.47. The first-order valence-corrected chi connectivity index (χ1v) is 8.63. The van der Waals surface area contributed by atoms with E-state index in [0.29, 0.717) is 11.5 Å². The highest BCUT2D eigenvalue weighted by molar-refractivity contribution is 7.99. The Balaban J connectivity index is 1.65. The van der Waals surface area contributed by atoms with Crippen molar-refractivity contribution < 1.29 is 13.9 Å². The van der Waals surface area contributed by atoms with Crippen LogP contribution >= 0.6 is 11.8 Å². The van der Waals surface area contributed by atoms with Crippen LogP contribution in [-0.2, 0) is 4.79 Å². The molecule has 0 spiro atoms. The van der Waals surface area contributed by atoms with Crippen LogP contribution in [0.25, 0.3) is 0 Å². The molecule has 0 bridgehead atoms. The molecule has 1 unspecified atom stereocenters. The number of amides is 1. The second-order valence-electron chi connectivity index (χ2n) is 5.33. The standard InChI is InChI=1S/C16H18FN3O2S/c1-12(16(21)19-6-8-23-9-7-19)20-11-15(10-18-20)22-14-4-2-13(17)3-5-14/h2-5,10-12H,6-9H2,1H3. The smallest absolute Gasteiger partial charge is 0.247 e. The Morgan fingerprint density at radius 3 is 2.65 bits per heavy atom. The molecule has 23 heavy (non-hydrogen) atoms. The molecule has 1 atom stereocenters. The van der Waals surface area contributed by atoms with Gasteiger partial charge in [0.25, 0.3) is 0 Å². The molecule has 2 aromatic rings. The summed E-state index contributed by atoms with van der Waals surface area (Å²) in [5.74, 6) is 2.77. The summed E-state index contributed by atoms with van der Waals surface area (Å²) in [4.78, 5) is 14.4. The van der Waals surface area contributed by atoms with Gasteiger partial charge in [-0.25, -0.2) is 4.39 Å². The van der Waals surface area contributed by atoms with E-state index in [1.54, 1.807) is 29.2 Å². The molecule has 2 heterocycles. The van der Waals surface area contributed by atoms with Crippen molar-refractivity contribution in [2.75, 3.05) is 24.6 Å². The number of thioether (sulfide) groups is 1. The maximum atomic E-state index is 12.9. The molecule has 1 aromatic heterocycles. The molecule has 5 nitrogen and oxygen atoms in total. The van der Waals surface area contributed by atoms with E-state index < -0.39 is 0 Å². The molecule has 1 amide bonds. The van der Waals surface area contributed by atoms with E-state index >= 15 is 0 Å². The highest BCUT2D eigenvalue weighted by Gasteiger charge is 2.24. The van der Waals surface area contributed by atoms with Crippen molar-refractivity contribution in [3.05, 3.63) is 42.5 Å². The SMILES string of the molecule is CC(C(=O)N1CCSCC1)n1cc(Oc2ccc(F)cc2)cn1. The number of ether oxygens (including phenoxy) is 1. The number of benzene rings is 1. The van der Waals surface area contributed by atoms with E-state index in [-0.39, 0.29) is 17.8 Å². The van der Waals surface area contributed by atoms with Gasteiger partial charge < -0.3 is 9.64 Å². The minimum absolute atomic E-state index is 0.0710. The van der Waals surface area contributed by atoms with Gasteiger partial charge in [0.05, 0.1) is 12.4 Å². The number of carbonyl (C=O) groups excluding carboxylic acids is 1. The normalized spacial score (nSPS) is 16.2. The van der Waals surface area contributed by atoms with Crippen LogP contribution in [0.2, 0.25) is 0 Å². The zero-order valence-electron chi connectivity index (χ0n) is 12.8. The van der Waals surface area contributed by atoms with Crippen LogP contribution in [0.5, 0.6) is 11.5 Å². The maximum absolute atomic E-state index is 12.9. The van der Waals surface area contributed by atoms with Gasteiger partial charge in [0.1, 0.15) is 17.6 Å². The molecular weight excluding hydrogens is 317 g/mol. The minimum Gasteiger partial charge on any atom is -0.454 e. The third-order valence-corrected chi connectivity index (χ3v) is 4.65. The van der Waals surface area contributed by atoms with Crippen LogP contribution in [0.1, 0.15) is 13.0 Å². The van der Waals surface area contributed by atoms with E-state index in [2.05, 4.69) is 5.10 Å². The number of nitrogens with zero attached hydrogens (tertiary/aromatic N) is 3. The molecule has 0 N–H and O–H groups in total. The van der Waals surface area contributed by atoms with Gasteiger partial charge in [-0.2, -0.15) is 16.9 Å². The van der Waals surface area contributed by atoms with E-state index in [1.807, 2.05) is 23.6 Å². The molecule has 0 saturated carbocycles. The van der Waals surface area contributed by atoms with Gasteiger partial charge in [-0.05, 0) is 31.2 Å². The summed E-state index contributed by atoms with van der Waals surface area (Å²) in [5, 5.41) is 4.21. The third-order valence-electron chi connectivity index (χ3n) is 3.70. The lowest BCUT2D eigenvalue weighted by molar-refractivity contribution is -0.134. The molecule has 122 valence electrons. The summed E-state index contributed by atoms with van der Waals surface area (Å²) >= 11 is 1.87. The number of halogens is 1. The summed E-state index contributed by atoms with van der Waals surface area (Å²) in [6.45, 7) is 3.40. The zero-order chi connectivity index (χ0) is 16.2. The second-order valence-corrected chi connectivity index (χ2v) is 6.55. The van der Waals surface area contributed by atoms with Gasteiger partial charge in [-0.1, -0.05) is 0 Å². The molecule has 1 fully saturated rings. The van der Waals surface area contributed by atoms with Crippen molar-refractivity contribution in [2.45, 2.75) is 13.0 Å². The Hall–Kier alpha value is -2.02. The number of rotatable bonds is 4. The molecule has 1 aromatic carbocycles. The average molecular weight is 335 g/mol. The van der Waals surface area contributed by atoms with Crippen LogP contribution in [0.4, 0.5) is 4.39 Å². The fourth-order valence-corrected chi connectivity index (χ4v) is 3.29. The van der Waals surface area contributed by atoms with Crippen molar-refractivity contribution in [1.82, 2.24) is 14.7 Å². The number of aromatic nitrogens is 2. The Kier molecular flexibility index (Phi) is 4.85. The van der Waals surface area contributed by atoms with Gasteiger partial charge in [0.2, 0.25) is 5.91 Å². The minimum atomic E-state index is -0.372. The lowest BCUT2D eigenvalue weighted by atomic mass is 10.3. The third kappa shape index (κ3) is 3.85. The highest BCUT2D eigenvalue weighted by atomic mass is 32.2. The van der Waals surface area contributed by atoms with Gasteiger partial charge in [0.15, 0.2) is 5.75 Å². The molecule has 1 aliphatic rings. The number of carbonyl (C=O) groups is 1. The Labute approximate surface area is 138 Å². The van der Waals surface area contributed by atoms with Crippen LogP contribution < -0.4 is 4.74 Å². The van der Waals surface area contributed by atoms with Crippen molar-refractivity contribution in [1.29, 1.82) is 0 Å². The second kappa shape index (κ2) is 7.04. The predicted octanol–water partition coefficient (Wildman–Crippen LogP) is 2.95. The summed E-state index contributed by atoms with van der Waals surface area (Å²) < 4.78 is 20.1. The number of hydrogen-bond acceptors (Lipinski definition) is 4.